The Kier molecular flexibility index (Phi) is 5.17. The molecule has 5 heteroatoms. The van der Waals surface area contributed by atoms with Crippen LogP contribution >= 0.6 is 0 Å². The lowest BCUT2D eigenvalue weighted by atomic mass is 10.1. The highest BCUT2D eigenvalue weighted by Gasteiger charge is 2.11. The molecule has 98 valence electrons. The van der Waals surface area contributed by atoms with Crippen LogP contribution in [0.4, 0.5) is 0 Å². The van der Waals surface area contributed by atoms with Gasteiger partial charge in [0.1, 0.15) is 5.75 Å². The molecular weight excluding hydrogens is 232 g/mol. The number of hydrogen-bond donors (Lipinski definition) is 2. The van der Waals surface area contributed by atoms with Gasteiger partial charge in [0.15, 0.2) is 0 Å². The van der Waals surface area contributed by atoms with Gasteiger partial charge in [-0.25, -0.2) is 0 Å². The first kappa shape index (κ1) is 14.0. The predicted molar refractivity (Wildman–Crippen MR) is 68.1 cm³/mol. The van der Waals surface area contributed by atoms with Gasteiger partial charge >= 0.3 is 0 Å². The summed E-state index contributed by atoms with van der Waals surface area (Å²) in [5, 5.41) is 0. The molecule has 1 rings (SSSR count). The summed E-state index contributed by atoms with van der Waals surface area (Å²) in [6.45, 7) is 3.71. The fraction of sp³-hybridized carbons (Fsp3) is 0.385. The Morgan fingerprint density at radius 2 is 1.83 bits per heavy atom. The highest BCUT2D eigenvalue weighted by atomic mass is 16.5. The van der Waals surface area contributed by atoms with Crippen LogP contribution in [0.3, 0.4) is 0 Å². The monoisotopic (exact) mass is 250 g/mol. The van der Waals surface area contributed by atoms with Crippen molar-refractivity contribution in [3.63, 3.8) is 0 Å². The Bertz CT molecular complexity index is 415. The van der Waals surface area contributed by atoms with Crippen LogP contribution in [0.1, 0.15) is 30.6 Å². The minimum absolute atomic E-state index is 0.124. The van der Waals surface area contributed by atoms with E-state index in [1.54, 1.807) is 38.3 Å². The third-order valence-corrected chi connectivity index (χ3v) is 2.71. The van der Waals surface area contributed by atoms with E-state index in [9.17, 15) is 9.59 Å². The van der Waals surface area contributed by atoms with Gasteiger partial charge < -0.3 is 4.74 Å². The zero-order valence-corrected chi connectivity index (χ0v) is 10.8. The first-order valence-electron chi connectivity index (χ1n) is 5.82. The van der Waals surface area contributed by atoms with Crippen molar-refractivity contribution in [3.05, 3.63) is 29.8 Å². The number of hydrazine groups is 1. The van der Waals surface area contributed by atoms with Crippen molar-refractivity contribution in [2.75, 3.05) is 7.11 Å². The van der Waals surface area contributed by atoms with Crippen molar-refractivity contribution in [2.45, 2.75) is 20.3 Å². The van der Waals surface area contributed by atoms with Crippen molar-refractivity contribution in [2.24, 2.45) is 5.92 Å². The molecule has 1 aromatic rings. The summed E-state index contributed by atoms with van der Waals surface area (Å²) in [5.41, 5.74) is 5.22. The minimum Gasteiger partial charge on any atom is -0.497 e. The number of carbonyl (C=O) groups is 2. The minimum atomic E-state index is -0.352. The van der Waals surface area contributed by atoms with E-state index in [1.807, 2.05) is 6.92 Å². The molecule has 0 spiro atoms. The summed E-state index contributed by atoms with van der Waals surface area (Å²) >= 11 is 0. The quantitative estimate of drug-likeness (QED) is 0.796. The largest absolute Gasteiger partial charge is 0.497 e. The SMILES string of the molecule is CCC(C)C(=O)NNC(=O)c1ccc(OC)cc1. The maximum Gasteiger partial charge on any atom is 0.269 e. The number of rotatable bonds is 4. The van der Waals surface area contributed by atoms with E-state index < -0.39 is 0 Å². The Morgan fingerprint density at radius 3 is 2.33 bits per heavy atom. The predicted octanol–water partition coefficient (Wildman–Crippen LogP) is 1.50. The molecule has 0 fully saturated rings. The molecule has 5 nitrogen and oxygen atoms in total. The number of amides is 2. The summed E-state index contributed by atoms with van der Waals surface area (Å²) in [4.78, 5) is 23.2. The van der Waals surface area contributed by atoms with Crippen LogP contribution in [0.2, 0.25) is 0 Å². The van der Waals surface area contributed by atoms with Gasteiger partial charge in [0.25, 0.3) is 5.91 Å². The van der Waals surface area contributed by atoms with Crippen LogP contribution in [-0.2, 0) is 4.79 Å². The molecule has 0 aliphatic carbocycles. The molecule has 0 bridgehead atoms. The third kappa shape index (κ3) is 3.76. The second kappa shape index (κ2) is 6.64. The molecule has 0 aliphatic heterocycles. The van der Waals surface area contributed by atoms with Gasteiger partial charge in [-0.05, 0) is 30.7 Å². The molecular formula is C13H18N2O3. The van der Waals surface area contributed by atoms with Crippen LogP contribution in [0.25, 0.3) is 0 Å². The van der Waals surface area contributed by atoms with Crippen LogP contribution in [-0.4, -0.2) is 18.9 Å². The molecule has 0 aromatic heterocycles. The molecule has 1 unspecified atom stereocenters. The zero-order valence-electron chi connectivity index (χ0n) is 10.8. The van der Waals surface area contributed by atoms with Gasteiger partial charge in [-0.2, -0.15) is 0 Å². The summed E-state index contributed by atoms with van der Waals surface area (Å²) in [6.07, 6.45) is 0.726. The summed E-state index contributed by atoms with van der Waals surface area (Å²) in [5.74, 6) is 0.00465. The molecule has 0 aliphatic rings. The maximum atomic E-state index is 11.7. The second-order valence-corrected chi connectivity index (χ2v) is 3.98. The fourth-order valence-electron chi connectivity index (χ4n) is 1.24. The standard InChI is InChI=1S/C13H18N2O3/c1-4-9(2)12(16)14-15-13(17)10-5-7-11(18-3)8-6-10/h5-9H,4H2,1-3H3,(H,14,16)(H,15,17). The highest BCUT2D eigenvalue weighted by Crippen LogP contribution is 2.10. The van der Waals surface area contributed by atoms with Gasteiger partial charge in [0, 0.05) is 11.5 Å². The van der Waals surface area contributed by atoms with E-state index in [-0.39, 0.29) is 17.7 Å². The molecule has 0 saturated carbocycles. The number of ether oxygens (including phenoxy) is 1. The van der Waals surface area contributed by atoms with Gasteiger partial charge in [0.2, 0.25) is 5.91 Å². The van der Waals surface area contributed by atoms with Crippen LogP contribution < -0.4 is 15.6 Å². The molecule has 2 N–H and O–H groups in total. The molecule has 0 saturated heterocycles. The van der Waals surface area contributed by atoms with Gasteiger partial charge in [-0.1, -0.05) is 13.8 Å². The fourth-order valence-corrected chi connectivity index (χ4v) is 1.24. The van der Waals surface area contributed by atoms with Gasteiger partial charge in [-0.15, -0.1) is 0 Å². The normalized spacial score (nSPS) is 11.5. The molecule has 2 amide bonds. The smallest absolute Gasteiger partial charge is 0.269 e. The average molecular weight is 250 g/mol. The van der Waals surface area contributed by atoms with Crippen LogP contribution in [0.15, 0.2) is 24.3 Å². The third-order valence-electron chi connectivity index (χ3n) is 2.71. The number of carbonyl (C=O) groups excluding carboxylic acids is 2. The second-order valence-electron chi connectivity index (χ2n) is 3.98. The van der Waals surface area contributed by atoms with Crippen molar-refractivity contribution >= 4 is 11.8 Å². The van der Waals surface area contributed by atoms with E-state index >= 15 is 0 Å². The lowest BCUT2D eigenvalue weighted by Gasteiger charge is -2.11. The van der Waals surface area contributed by atoms with E-state index in [1.165, 1.54) is 0 Å². The first-order chi connectivity index (χ1) is 8.58. The lowest BCUT2D eigenvalue weighted by molar-refractivity contribution is -0.125. The number of methoxy groups -OCH3 is 1. The van der Waals surface area contributed by atoms with Crippen molar-refractivity contribution in [1.29, 1.82) is 0 Å². The molecule has 1 aromatic carbocycles. The highest BCUT2D eigenvalue weighted by molar-refractivity contribution is 5.95. The van der Waals surface area contributed by atoms with Crippen molar-refractivity contribution in [3.8, 4) is 5.75 Å². The van der Waals surface area contributed by atoms with E-state index in [0.29, 0.717) is 11.3 Å². The molecule has 18 heavy (non-hydrogen) atoms. The summed E-state index contributed by atoms with van der Waals surface area (Å²) < 4.78 is 4.99. The summed E-state index contributed by atoms with van der Waals surface area (Å²) in [6, 6.07) is 6.63. The topological polar surface area (TPSA) is 67.4 Å². The van der Waals surface area contributed by atoms with E-state index in [0.717, 1.165) is 6.42 Å². The summed E-state index contributed by atoms with van der Waals surface area (Å²) in [7, 11) is 1.56. The molecule has 0 radical (unpaired) electrons. The van der Waals surface area contributed by atoms with Gasteiger partial charge in [0.05, 0.1) is 7.11 Å². The Labute approximate surface area is 106 Å². The van der Waals surface area contributed by atoms with E-state index in [4.69, 9.17) is 4.74 Å². The number of nitrogens with one attached hydrogen (secondary N) is 2. The Morgan fingerprint density at radius 1 is 1.22 bits per heavy atom. The maximum absolute atomic E-state index is 11.7. The van der Waals surface area contributed by atoms with Gasteiger partial charge in [-0.3, -0.25) is 20.4 Å². The van der Waals surface area contributed by atoms with Crippen LogP contribution in [0.5, 0.6) is 5.75 Å². The first-order valence-corrected chi connectivity index (χ1v) is 5.82. The molecule has 0 heterocycles. The number of hydrogen-bond acceptors (Lipinski definition) is 3. The van der Waals surface area contributed by atoms with Crippen molar-refractivity contribution in [1.82, 2.24) is 10.9 Å². The lowest BCUT2D eigenvalue weighted by Crippen LogP contribution is -2.43. The van der Waals surface area contributed by atoms with Crippen LogP contribution in [0, 0.1) is 5.92 Å². The van der Waals surface area contributed by atoms with Crippen molar-refractivity contribution < 1.29 is 14.3 Å². The zero-order chi connectivity index (χ0) is 13.5. The average Bonchev–Trinajstić information content (AvgIpc) is 2.43. The Balaban J connectivity index is 2.52. The Hall–Kier alpha value is -2.04. The molecule has 1 atom stereocenters. The van der Waals surface area contributed by atoms with E-state index in [2.05, 4.69) is 10.9 Å². The number of benzene rings is 1.